The number of para-hydroxylation sites is 1. The summed E-state index contributed by atoms with van der Waals surface area (Å²) in [5, 5.41) is 16.6. The van der Waals surface area contributed by atoms with Gasteiger partial charge in [0.15, 0.2) is 0 Å². The first kappa shape index (κ1) is 28.5. The first-order valence-electron chi connectivity index (χ1n) is 12.1. The molecule has 2 aromatic heterocycles. The Balaban J connectivity index is 1.47. The number of carbonyl (C=O) groups is 4. The number of carbonyl (C=O) groups excluding carboxylic acids is 4. The zero-order valence-electron chi connectivity index (χ0n) is 21.8. The summed E-state index contributed by atoms with van der Waals surface area (Å²) < 4.78 is 10.8. The van der Waals surface area contributed by atoms with Crippen molar-refractivity contribution in [3.8, 4) is 11.5 Å². The van der Waals surface area contributed by atoms with E-state index >= 15 is 0 Å². The van der Waals surface area contributed by atoms with Gasteiger partial charge in [-0.1, -0.05) is 36.0 Å². The molecule has 3 amide bonds. The van der Waals surface area contributed by atoms with Crippen molar-refractivity contribution in [1.29, 1.82) is 0 Å². The molecule has 0 unspecified atom stereocenters. The van der Waals surface area contributed by atoms with E-state index in [9.17, 15) is 19.2 Å². The Morgan fingerprint density at radius 1 is 0.975 bits per heavy atom. The molecule has 0 saturated heterocycles. The summed E-state index contributed by atoms with van der Waals surface area (Å²) in [6.45, 7) is 4.90. The molecule has 11 nitrogen and oxygen atoms in total. The highest BCUT2D eigenvalue weighted by Gasteiger charge is 2.27. The highest BCUT2D eigenvalue weighted by Crippen LogP contribution is 2.35. The van der Waals surface area contributed by atoms with Gasteiger partial charge in [-0.3, -0.25) is 14.4 Å². The minimum atomic E-state index is -0.574. The summed E-state index contributed by atoms with van der Waals surface area (Å²) in [5.41, 5.74) is 2.33. The number of benzene rings is 2. The van der Waals surface area contributed by atoms with Gasteiger partial charge in [-0.25, -0.2) is 4.79 Å². The largest absolute Gasteiger partial charge is 0.462 e. The zero-order chi connectivity index (χ0) is 28.6. The van der Waals surface area contributed by atoms with E-state index in [0.29, 0.717) is 22.5 Å². The van der Waals surface area contributed by atoms with Crippen molar-refractivity contribution in [3.63, 3.8) is 0 Å². The normalized spacial score (nSPS) is 10.6. The lowest BCUT2D eigenvalue weighted by Gasteiger charge is -2.08. The molecule has 4 aromatic rings. The van der Waals surface area contributed by atoms with Crippen LogP contribution in [0.25, 0.3) is 11.5 Å². The van der Waals surface area contributed by atoms with E-state index in [1.165, 1.54) is 6.92 Å². The second kappa shape index (κ2) is 13.0. The number of hydrogen-bond acceptors (Lipinski definition) is 10. The third-order valence-electron chi connectivity index (χ3n) is 5.28. The van der Waals surface area contributed by atoms with Crippen LogP contribution in [-0.4, -0.2) is 46.2 Å². The van der Waals surface area contributed by atoms with Crippen molar-refractivity contribution >= 4 is 63.2 Å². The van der Waals surface area contributed by atoms with Gasteiger partial charge in [0.1, 0.15) is 9.88 Å². The lowest BCUT2D eigenvalue weighted by Crippen LogP contribution is -2.18. The number of nitrogens with one attached hydrogen (secondary N) is 3. The molecular formula is C27H25N5O6S2. The molecule has 0 fully saturated rings. The average Bonchev–Trinajstić information content (AvgIpc) is 3.52. The standard InChI is InChI=1S/C27H25N5O6S2/c1-4-37-26(36)22-15(2)21(23(35)29-18-10-6-5-7-11-18)25(40-22)30-20(34)14-39-27-32-31-24(38-27)17-9-8-12-19(13-17)28-16(3)33/h5-13H,4,14H2,1-3H3,(H,28,33)(H,29,35)(H,30,34). The molecule has 40 heavy (non-hydrogen) atoms. The zero-order valence-corrected chi connectivity index (χ0v) is 23.4. The smallest absolute Gasteiger partial charge is 0.348 e. The predicted octanol–water partition coefficient (Wildman–Crippen LogP) is 5.22. The molecule has 0 aliphatic rings. The Bertz CT molecular complexity index is 1550. The van der Waals surface area contributed by atoms with Gasteiger partial charge in [-0.15, -0.1) is 21.5 Å². The summed E-state index contributed by atoms with van der Waals surface area (Å²) in [6.07, 6.45) is 0. The molecule has 0 radical (unpaired) electrons. The fourth-order valence-corrected chi connectivity index (χ4v) is 5.27. The number of anilines is 3. The van der Waals surface area contributed by atoms with Gasteiger partial charge in [-0.05, 0) is 49.7 Å². The third-order valence-corrected chi connectivity index (χ3v) is 7.29. The molecule has 3 N–H and O–H groups in total. The van der Waals surface area contributed by atoms with Gasteiger partial charge >= 0.3 is 5.97 Å². The number of thioether (sulfide) groups is 1. The summed E-state index contributed by atoms with van der Waals surface area (Å²) in [7, 11) is 0. The second-order valence-electron chi connectivity index (χ2n) is 8.27. The van der Waals surface area contributed by atoms with Crippen LogP contribution < -0.4 is 16.0 Å². The Morgan fingerprint density at radius 2 is 1.73 bits per heavy atom. The van der Waals surface area contributed by atoms with Gasteiger partial charge in [0.05, 0.1) is 17.9 Å². The van der Waals surface area contributed by atoms with Crippen molar-refractivity contribution in [2.45, 2.75) is 26.0 Å². The number of esters is 1. The molecule has 0 aliphatic carbocycles. The van der Waals surface area contributed by atoms with E-state index < -0.39 is 17.8 Å². The number of rotatable bonds is 10. The van der Waals surface area contributed by atoms with E-state index in [4.69, 9.17) is 9.15 Å². The monoisotopic (exact) mass is 579 g/mol. The number of thiophene rings is 1. The van der Waals surface area contributed by atoms with Crippen molar-refractivity contribution in [2.75, 3.05) is 28.3 Å². The van der Waals surface area contributed by atoms with Gasteiger partial charge in [0, 0.05) is 23.9 Å². The number of amides is 3. The molecule has 206 valence electrons. The summed E-state index contributed by atoms with van der Waals surface area (Å²) >= 11 is 1.98. The number of aromatic nitrogens is 2. The fourth-order valence-electron chi connectivity index (χ4n) is 3.59. The first-order valence-corrected chi connectivity index (χ1v) is 13.9. The summed E-state index contributed by atoms with van der Waals surface area (Å²) in [4.78, 5) is 50.1. The molecule has 2 aromatic carbocycles. The van der Waals surface area contributed by atoms with Crippen LogP contribution in [0.5, 0.6) is 0 Å². The molecule has 0 atom stereocenters. The molecule has 0 spiro atoms. The minimum Gasteiger partial charge on any atom is -0.462 e. The van der Waals surface area contributed by atoms with Gasteiger partial charge in [0.2, 0.25) is 17.7 Å². The van der Waals surface area contributed by atoms with Crippen LogP contribution in [-0.2, 0) is 14.3 Å². The van der Waals surface area contributed by atoms with E-state index in [0.717, 1.165) is 23.1 Å². The number of nitrogens with zero attached hydrogens (tertiary/aromatic N) is 2. The highest BCUT2D eigenvalue weighted by atomic mass is 32.2. The van der Waals surface area contributed by atoms with E-state index in [2.05, 4.69) is 26.1 Å². The molecule has 13 heteroatoms. The average molecular weight is 580 g/mol. The van der Waals surface area contributed by atoms with Gasteiger partial charge in [0.25, 0.3) is 11.1 Å². The SMILES string of the molecule is CCOC(=O)c1sc(NC(=O)CSc2nnc(-c3cccc(NC(C)=O)c3)o2)c(C(=O)Nc2ccccc2)c1C. The maximum atomic E-state index is 13.2. The van der Waals surface area contributed by atoms with Gasteiger partial charge in [-0.2, -0.15) is 0 Å². The van der Waals surface area contributed by atoms with Crippen molar-refractivity contribution in [3.05, 3.63) is 70.6 Å². The Labute approximate surface area is 237 Å². The van der Waals surface area contributed by atoms with Crippen LogP contribution in [0.1, 0.15) is 39.4 Å². The van der Waals surface area contributed by atoms with E-state index in [1.807, 2.05) is 6.07 Å². The van der Waals surface area contributed by atoms with Crippen molar-refractivity contribution in [2.24, 2.45) is 0 Å². The highest BCUT2D eigenvalue weighted by molar-refractivity contribution is 7.99. The molecular weight excluding hydrogens is 554 g/mol. The second-order valence-corrected chi connectivity index (χ2v) is 10.2. The van der Waals surface area contributed by atoms with Crippen LogP contribution in [0.2, 0.25) is 0 Å². The van der Waals surface area contributed by atoms with E-state index in [-0.39, 0.29) is 44.8 Å². The van der Waals surface area contributed by atoms with Crippen LogP contribution >= 0.6 is 23.1 Å². The predicted molar refractivity (Wildman–Crippen MR) is 153 cm³/mol. The van der Waals surface area contributed by atoms with Crippen LogP contribution in [0, 0.1) is 6.92 Å². The Morgan fingerprint density at radius 3 is 2.45 bits per heavy atom. The van der Waals surface area contributed by atoms with Gasteiger partial charge < -0.3 is 25.1 Å². The number of ether oxygens (including phenoxy) is 1. The van der Waals surface area contributed by atoms with Crippen molar-refractivity contribution < 1.29 is 28.3 Å². The summed E-state index contributed by atoms with van der Waals surface area (Å²) in [5.74, 6) is -1.57. The quantitative estimate of drug-likeness (QED) is 0.169. The van der Waals surface area contributed by atoms with Crippen LogP contribution in [0.4, 0.5) is 16.4 Å². The number of hydrogen-bond donors (Lipinski definition) is 3. The maximum Gasteiger partial charge on any atom is 0.348 e. The Kier molecular flexibility index (Phi) is 9.30. The molecule has 4 rings (SSSR count). The Hall–Kier alpha value is -4.49. The topological polar surface area (TPSA) is 153 Å². The lowest BCUT2D eigenvalue weighted by molar-refractivity contribution is -0.114. The van der Waals surface area contributed by atoms with Crippen LogP contribution in [0.3, 0.4) is 0 Å². The van der Waals surface area contributed by atoms with Crippen molar-refractivity contribution in [1.82, 2.24) is 10.2 Å². The fraction of sp³-hybridized carbons (Fsp3) is 0.185. The molecule has 0 saturated carbocycles. The minimum absolute atomic E-state index is 0.0982. The third kappa shape index (κ3) is 7.12. The molecule has 2 heterocycles. The van der Waals surface area contributed by atoms with Crippen LogP contribution in [0.15, 0.2) is 64.2 Å². The maximum absolute atomic E-state index is 13.2. The lowest BCUT2D eigenvalue weighted by atomic mass is 10.1. The van der Waals surface area contributed by atoms with E-state index in [1.54, 1.807) is 62.4 Å². The molecule has 0 bridgehead atoms. The first-order chi connectivity index (χ1) is 19.2. The summed E-state index contributed by atoms with van der Waals surface area (Å²) in [6, 6.07) is 15.8. The molecule has 0 aliphatic heterocycles.